The zero-order valence-electron chi connectivity index (χ0n) is 10.6. The molecule has 0 radical (unpaired) electrons. The number of aliphatic carboxylic acids is 1. The maximum atomic E-state index is 11.7. The number of carboxylic acids is 1. The summed E-state index contributed by atoms with van der Waals surface area (Å²) in [6.45, 7) is 1.72. The highest BCUT2D eigenvalue weighted by molar-refractivity contribution is 7.89. The van der Waals surface area contributed by atoms with Crippen molar-refractivity contribution in [2.24, 2.45) is 0 Å². The molecule has 8 nitrogen and oxygen atoms in total. The minimum absolute atomic E-state index is 0.0369. The minimum Gasteiger partial charge on any atom is -0.480 e. The highest BCUT2D eigenvalue weighted by Gasteiger charge is 2.40. The van der Waals surface area contributed by atoms with Crippen LogP contribution in [0.2, 0.25) is 0 Å². The van der Waals surface area contributed by atoms with Crippen LogP contribution in [-0.2, 0) is 14.8 Å². The summed E-state index contributed by atoms with van der Waals surface area (Å²) in [5.74, 6) is -1.30. The summed E-state index contributed by atoms with van der Waals surface area (Å²) in [6.07, 6.45) is -0.174. The molecule has 0 aliphatic carbocycles. The first-order chi connectivity index (χ1) is 8.76. The number of hydrogen-bond acceptors (Lipinski definition) is 4. The summed E-state index contributed by atoms with van der Waals surface area (Å²) in [7, 11) is -3.49. The van der Waals surface area contributed by atoms with Crippen LogP contribution in [0.4, 0.5) is 4.79 Å². The number of likely N-dealkylation sites (tertiary alicyclic amines) is 1. The summed E-state index contributed by atoms with van der Waals surface area (Å²) < 4.78 is 25.7. The second-order valence-electron chi connectivity index (χ2n) is 4.51. The fourth-order valence-corrected chi connectivity index (χ4v) is 3.48. The van der Waals surface area contributed by atoms with Crippen LogP contribution in [0.15, 0.2) is 0 Å². The molecular weight excluding hydrogens is 276 g/mol. The van der Waals surface area contributed by atoms with Crippen molar-refractivity contribution in [2.45, 2.75) is 38.3 Å². The van der Waals surface area contributed by atoms with Crippen LogP contribution in [0.1, 0.15) is 26.2 Å². The van der Waals surface area contributed by atoms with Crippen LogP contribution in [0.25, 0.3) is 0 Å². The molecule has 2 atom stereocenters. The minimum atomic E-state index is -3.49. The van der Waals surface area contributed by atoms with Gasteiger partial charge in [0.1, 0.15) is 6.04 Å². The maximum absolute atomic E-state index is 11.7. The standard InChI is InChI=1S/C10H18N2O6S/c1-2-3-4-19(17,18)11-7-5-8(9(13)14)12(6-7)10(15)16/h7-8,11H,2-6H2,1H3,(H,13,14)(H,15,16)/t7-,8+/m0/s1. The molecule has 0 spiro atoms. The first kappa shape index (κ1) is 15.7. The Hall–Kier alpha value is -1.35. The Morgan fingerprint density at radius 1 is 1.37 bits per heavy atom. The summed E-state index contributed by atoms with van der Waals surface area (Å²) in [4.78, 5) is 22.5. The molecule has 0 aromatic rings. The van der Waals surface area contributed by atoms with E-state index in [1.165, 1.54) is 0 Å². The Labute approximate surface area is 111 Å². The first-order valence-corrected chi connectivity index (χ1v) is 7.64. The molecule has 1 amide bonds. The van der Waals surface area contributed by atoms with E-state index in [2.05, 4.69) is 4.72 Å². The molecule has 110 valence electrons. The predicted molar refractivity (Wildman–Crippen MR) is 66.4 cm³/mol. The molecule has 19 heavy (non-hydrogen) atoms. The lowest BCUT2D eigenvalue weighted by molar-refractivity contribution is -0.141. The molecule has 0 bridgehead atoms. The zero-order valence-corrected chi connectivity index (χ0v) is 11.4. The van der Waals surface area contributed by atoms with Gasteiger partial charge in [-0.1, -0.05) is 13.3 Å². The maximum Gasteiger partial charge on any atom is 0.408 e. The Morgan fingerprint density at radius 2 is 2.00 bits per heavy atom. The van der Waals surface area contributed by atoms with Gasteiger partial charge < -0.3 is 10.2 Å². The van der Waals surface area contributed by atoms with E-state index in [1.807, 2.05) is 6.92 Å². The quantitative estimate of drug-likeness (QED) is 0.629. The van der Waals surface area contributed by atoms with Crippen molar-refractivity contribution in [3.8, 4) is 0 Å². The molecule has 9 heteroatoms. The average molecular weight is 294 g/mol. The molecule has 0 unspecified atom stereocenters. The van der Waals surface area contributed by atoms with Gasteiger partial charge >= 0.3 is 12.1 Å². The van der Waals surface area contributed by atoms with Crippen molar-refractivity contribution in [1.29, 1.82) is 0 Å². The number of unbranched alkanes of at least 4 members (excludes halogenated alkanes) is 1. The molecule has 1 fully saturated rings. The third-order valence-corrected chi connectivity index (χ3v) is 4.46. The molecule has 1 saturated heterocycles. The molecular formula is C10H18N2O6S. The summed E-state index contributed by atoms with van der Waals surface area (Å²) >= 11 is 0. The lowest BCUT2D eigenvalue weighted by atomic mass is 10.2. The fraction of sp³-hybridized carbons (Fsp3) is 0.800. The molecule has 3 N–H and O–H groups in total. The van der Waals surface area contributed by atoms with E-state index in [1.54, 1.807) is 0 Å². The van der Waals surface area contributed by atoms with Crippen LogP contribution in [-0.4, -0.2) is 60.0 Å². The average Bonchev–Trinajstić information content (AvgIpc) is 2.70. The van der Waals surface area contributed by atoms with Crippen molar-refractivity contribution in [2.75, 3.05) is 12.3 Å². The number of carbonyl (C=O) groups is 2. The van der Waals surface area contributed by atoms with Crippen molar-refractivity contribution in [3.05, 3.63) is 0 Å². The van der Waals surface area contributed by atoms with Crippen LogP contribution >= 0.6 is 0 Å². The molecule has 0 aromatic heterocycles. The third-order valence-electron chi connectivity index (χ3n) is 2.94. The van der Waals surface area contributed by atoms with Gasteiger partial charge in [-0.2, -0.15) is 0 Å². The van der Waals surface area contributed by atoms with Crippen molar-refractivity contribution >= 4 is 22.1 Å². The monoisotopic (exact) mass is 294 g/mol. The van der Waals surface area contributed by atoms with Gasteiger partial charge in [-0.15, -0.1) is 0 Å². The van der Waals surface area contributed by atoms with Crippen molar-refractivity contribution in [3.63, 3.8) is 0 Å². The van der Waals surface area contributed by atoms with E-state index in [9.17, 15) is 18.0 Å². The van der Waals surface area contributed by atoms with E-state index in [0.717, 1.165) is 11.3 Å². The van der Waals surface area contributed by atoms with Gasteiger partial charge in [0.05, 0.1) is 5.75 Å². The van der Waals surface area contributed by atoms with E-state index in [-0.39, 0.29) is 18.7 Å². The smallest absolute Gasteiger partial charge is 0.408 e. The van der Waals surface area contributed by atoms with Gasteiger partial charge in [-0.3, -0.25) is 4.90 Å². The Balaban J connectivity index is 2.68. The van der Waals surface area contributed by atoms with Crippen LogP contribution in [0, 0.1) is 0 Å². The normalized spacial score (nSPS) is 23.5. The van der Waals surface area contributed by atoms with Gasteiger partial charge in [0.15, 0.2) is 0 Å². The van der Waals surface area contributed by atoms with E-state index >= 15 is 0 Å². The van der Waals surface area contributed by atoms with E-state index in [4.69, 9.17) is 10.2 Å². The topological polar surface area (TPSA) is 124 Å². The second-order valence-corrected chi connectivity index (χ2v) is 6.39. The zero-order chi connectivity index (χ0) is 14.6. The van der Waals surface area contributed by atoms with Gasteiger partial charge in [0.25, 0.3) is 0 Å². The lowest BCUT2D eigenvalue weighted by Crippen LogP contribution is -2.41. The Morgan fingerprint density at radius 3 is 2.42 bits per heavy atom. The van der Waals surface area contributed by atoms with Crippen LogP contribution < -0.4 is 4.72 Å². The van der Waals surface area contributed by atoms with Gasteiger partial charge in [-0.05, 0) is 12.8 Å². The third kappa shape index (κ3) is 4.35. The summed E-state index contributed by atoms with van der Waals surface area (Å²) in [6, 6.07) is -1.88. The highest BCUT2D eigenvalue weighted by Crippen LogP contribution is 2.19. The molecule has 1 rings (SSSR count). The largest absolute Gasteiger partial charge is 0.480 e. The van der Waals surface area contributed by atoms with Crippen LogP contribution in [0.5, 0.6) is 0 Å². The number of carboxylic acid groups (broad SMARTS) is 2. The molecule has 0 aromatic carbocycles. The predicted octanol–water partition coefficient (Wildman–Crippen LogP) is -0.0886. The Kier molecular flexibility index (Phi) is 5.12. The number of nitrogens with one attached hydrogen (secondary N) is 1. The fourth-order valence-electron chi connectivity index (χ4n) is 2.01. The first-order valence-electron chi connectivity index (χ1n) is 5.99. The number of amides is 1. The molecule has 1 aliphatic heterocycles. The number of sulfonamides is 1. The molecule has 1 aliphatic rings. The number of hydrogen-bond donors (Lipinski definition) is 3. The number of nitrogens with zero attached hydrogens (tertiary/aromatic N) is 1. The summed E-state index contributed by atoms with van der Waals surface area (Å²) in [5, 5.41) is 17.8. The summed E-state index contributed by atoms with van der Waals surface area (Å²) in [5.41, 5.74) is 0. The van der Waals surface area contributed by atoms with E-state index < -0.39 is 34.2 Å². The lowest BCUT2D eigenvalue weighted by Gasteiger charge is -2.16. The van der Waals surface area contributed by atoms with Crippen LogP contribution in [0.3, 0.4) is 0 Å². The highest BCUT2D eigenvalue weighted by atomic mass is 32.2. The number of rotatable bonds is 6. The van der Waals surface area contributed by atoms with Gasteiger partial charge in [-0.25, -0.2) is 22.7 Å². The van der Waals surface area contributed by atoms with Crippen molar-refractivity contribution in [1.82, 2.24) is 9.62 Å². The van der Waals surface area contributed by atoms with E-state index in [0.29, 0.717) is 6.42 Å². The van der Waals surface area contributed by atoms with Gasteiger partial charge in [0.2, 0.25) is 10.0 Å². The Bertz CT molecular complexity index is 427. The molecule has 0 saturated carbocycles. The van der Waals surface area contributed by atoms with Gasteiger partial charge in [0, 0.05) is 12.6 Å². The van der Waals surface area contributed by atoms with Crippen molar-refractivity contribution < 1.29 is 28.2 Å². The second kappa shape index (κ2) is 6.20. The SMILES string of the molecule is CCCCS(=O)(=O)N[C@H]1C[C@H](C(=O)O)N(C(=O)O)C1. The molecule has 1 heterocycles.